The zero-order valence-electron chi connectivity index (χ0n) is 13.1. The summed E-state index contributed by atoms with van der Waals surface area (Å²) in [4.78, 5) is 12.2. The monoisotopic (exact) mass is 353 g/mol. The van der Waals surface area contributed by atoms with Gasteiger partial charge in [0.1, 0.15) is 0 Å². The summed E-state index contributed by atoms with van der Waals surface area (Å²) in [6, 6.07) is 7.62. The van der Waals surface area contributed by atoms with E-state index < -0.39 is 0 Å². The molecule has 116 valence electrons. The lowest BCUT2D eigenvalue weighted by molar-refractivity contribution is 0.149. The van der Waals surface area contributed by atoms with E-state index in [-0.39, 0.29) is 23.2 Å². The van der Waals surface area contributed by atoms with Gasteiger partial charge in [-0.2, -0.15) is 0 Å². The largest absolute Gasteiger partial charge is 0.335 e. The molecule has 1 aromatic rings. The molecule has 0 unspecified atom stereocenters. The van der Waals surface area contributed by atoms with Gasteiger partial charge in [0.25, 0.3) is 0 Å². The molecule has 1 saturated heterocycles. The van der Waals surface area contributed by atoms with Crippen molar-refractivity contribution in [3.8, 4) is 0 Å². The number of para-hydroxylation sites is 1. The third-order valence-electron chi connectivity index (χ3n) is 3.65. The van der Waals surface area contributed by atoms with E-state index in [0.29, 0.717) is 0 Å². The fraction of sp³-hybridized carbons (Fsp3) is 0.562. The molecule has 1 heterocycles. The van der Waals surface area contributed by atoms with Gasteiger partial charge >= 0.3 is 6.03 Å². The van der Waals surface area contributed by atoms with Gasteiger partial charge in [-0.3, -0.25) is 0 Å². The summed E-state index contributed by atoms with van der Waals surface area (Å²) in [5, 5.41) is 9.60. The summed E-state index contributed by atoms with van der Waals surface area (Å²) in [7, 11) is 0. The highest BCUT2D eigenvalue weighted by Crippen LogP contribution is 2.28. The molecule has 1 aliphatic heterocycles. The fourth-order valence-corrected chi connectivity index (χ4v) is 3.71. The number of carbonyl (C=O) groups is 1. The first-order chi connectivity index (χ1) is 9.67. The molecular weight excluding hydrogens is 330 g/mol. The van der Waals surface area contributed by atoms with Gasteiger partial charge in [0.15, 0.2) is 0 Å². The molecule has 0 saturated carbocycles. The minimum Gasteiger partial charge on any atom is -0.335 e. The van der Waals surface area contributed by atoms with Crippen molar-refractivity contribution >= 4 is 27.6 Å². The summed E-state index contributed by atoms with van der Waals surface area (Å²) < 4.78 is 0.881. The SMILES string of the molecule is CC1(C)CC(NC(=O)Nc2ccccc2Br)CC(C)(C)N1. The van der Waals surface area contributed by atoms with Gasteiger partial charge < -0.3 is 16.0 Å². The molecule has 0 bridgehead atoms. The molecule has 0 atom stereocenters. The van der Waals surface area contributed by atoms with Gasteiger partial charge in [0, 0.05) is 21.6 Å². The van der Waals surface area contributed by atoms with Crippen molar-refractivity contribution in [3.05, 3.63) is 28.7 Å². The number of urea groups is 1. The van der Waals surface area contributed by atoms with Gasteiger partial charge in [-0.1, -0.05) is 12.1 Å². The van der Waals surface area contributed by atoms with Gasteiger partial charge in [0.2, 0.25) is 0 Å². The van der Waals surface area contributed by atoms with Crippen molar-refractivity contribution in [2.75, 3.05) is 5.32 Å². The van der Waals surface area contributed by atoms with Gasteiger partial charge in [0.05, 0.1) is 5.69 Å². The minimum atomic E-state index is -0.152. The first-order valence-electron chi connectivity index (χ1n) is 7.28. The summed E-state index contributed by atoms with van der Waals surface area (Å²) in [5.41, 5.74) is 0.822. The van der Waals surface area contributed by atoms with Crippen molar-refractivity contribution in [2.24, 2.45) is 0 Å². The molecule has 1 aromatic carbocycles. The number of rotatable bonds is 2. The van der Waals surface area contributed by atoms with Crippen LogP contribution in [0.15, 0.2) is 28.7 Å². The van der Waals surface area contributed by atoms with Crippen LogP contribution in [0.25, 0.3) is 0 Å². The molecule has 2 rings (SSSR count). The summed E-state index contributed by atoms with van der Waals surface area (Å²) >= 11 is 3.43. The Morgan fingerprint density at radius 2 is 1.76 bits per heavy atom. The molecule has 0 radical (unpaired) electrons. The number of benzene rings is 1. The fourth-order valence-electron chi connectivity index (χ4n) is 3.33. The maximum absolute atomic E-state index is 12.2. The second-order valence-electron chi connectivity index (χ2n) is 7.08. The third-order valence-corrected chi connectivity index (χ3v) is 4.34. The van der Waals surface area contributed by atoms with Crippen LogP contribution in [-0.2, 0) is 0 Å². The van der Waals surface area contributed by atoms with E-state index in [1.807, 2.05) is 24.3 Å². The van der Waals surface area contributed by atoms with Crippen molar-refractivity contribution in [1.82, 2.24) is 10.6 Å². The van der Waals surface area contributed by atoms with Crippen LogP contribution in [0, 0.1) is 0 Å². The lowest BCUT2D eigenvalue weighted by atomic mass is 9.80. The van der Waals surface area contributed by atoms with Crippen molar-refractivity contribution < 1.29 is 4.79 Å². The van der Waals surface area contributed by atoms with Crippen LogP contribution in [0.1, 0.15) is 40.5 Å². The summed E-state index contributed by atoms with van der Waals surface area (Å²) in [5.74, 6) is 0. The molecule has 0 aliphatic carbocycles. The number of piperidine rings is 1. The molecule has 3 N–H and O–H groups in total. The normalized spacial score (nSPS) is 20.8. The second kappa shape index (κ2) is 5.97. The predicted octanol–water partition coefficient (Wildman–Crippen LogP) is 3.88. The molecule has 0 aromatic heterocycles. The average molecular weight is 354 g/mol. The molecule has 21 heavy (non-hydrogen) atoms. The van der Waals surface area contributed by atoms with E-state index >= 15 is 0 Å². The second-order valence-corrected chi connectivity index (χ2v) is 7.93. The Balaban J connectivity index is 1.98. The number of amides is 2. The lowest BCUT2D eigenvalue weighted by Crippen LogP contribution is -2.62. The number of hydrogen-bond acceptors (Lipinski definition) is 2. The van der Waals surface area contributed by atoms with E-state index in [1.165, 1.54) is 0 Å². The molecule has 1 aliphatic rings. The topological polar surface area (TPSA) is 53.2 Å². The number of carbonyl (C=O) groups excluding carboxylic acids is 1. The number of halogens is 1. The first kappa shape index (κ1) is 16.3. The molecule has 2 amide bonds. The van der Waals surface area contributed by atoms with Crippen molar-refractivity contribution in [2.45, 2.75) is 57.7 Å². The molecular formula is C16H24BrN3O. The highest BCUT2D eigenvalue weighted by Gasteiger charge is 2.38. The van der Waals surface area contributed by atoms with Crippen LogP contribution in [-0.4, -0.2) is 23.2 Å². The highest BCUT2D eigenvalue weighted by atomic mass is 79.9. The Bertz CT molecular complexity index is 512. The van der Waals surface area contributed by atoms with E-state index in [4.69, 9.17) is 0 Å². The Morgan fingerprint density at radius 1 is 1.19 bits per heavy atom. The zero-order valence-corrected chi connectivity index (χ0v) is 14.7. The average Bonchev–Trinajstić information content (AvgIpc) is 2.27. The van der Waals surface area contributed by atoms with Crippen molar-refractivity contribution in [1.29, 1.82) is 0 Å². The van der Waals surface area contributed by atoms with Crippen LogP contribution >= 0.6 is 15.9 Å². The van der Waals surface area contributed by atoms with E-state index in [2.05, 4.69) is 59.6 Å². The number of anilines is 1. The quantitative estimate of drug-likeness (QED) is 0.755. The summed E-state index contributed by atoms with van der Waals surface area (Å²) in [6.07, 6.45) is 1.83. The van der Waals surface area contributed by atoms with Crippen LogP contribution < -0.4 is 16.0 Å². The standard InChI is InChI=1S/C16H24BrN3O/c1-15(2)9-11(10-16(3,4)20-15)18-14(21)19-13-8-6-5-7-12(13)17/h5-8,11,20H,9-10H2,1-4H3,(H2,18,19,21). The zero-order chi connectivity index (χ0) is 15.7. The molecule has 5 heteroatoms. The first-order valence-corrected chi connectivity index (χ1v) is 8.08. The highest BCUT2D eigenvalue weighted by molar-refractivity contribution is 9.10. The maximum Gasteiger partial charge on any atom is 0.319 e. The minimum absolute atomic E-state index is 0.0209. The molecule has 0 spiro atoms. The van der Waals surface area contributed by atoms with Gasteiger partial charge in [-0.25, -0.2) is 4.79 Å². The Hall–Kier alpha value is -1.07. The van der Waals surface area contributed by atoms with Gasteiger partial charge in [-0.05, 0) is 68.6 Å². The Kier molecular flexibility index (Phi) is 4.63. The van der Waals surface area contributed by atoms with Crippen LogP contribution in [0.4, 0.5) is 10.5 Å². The molecule has 1 fully saturated rings. The van der Waals surface area contributed by atoms with Crippen LogP contribution in [0.5, 0.6) is 0 Å². The van der Waals surface area contributed by atoms with Gasteiger partial charge in [-0.15, -0.1) is 0 Å². The lowest BCUT2D eigenvalue weighted by Gasteiger charge is -2.46. The van der Waals surface area contributed by atoms with E-state index in [9.17, 15) is 4.79 Å². The van der Waals surface area contributed by atoms with Crippen molar-refractivity contribution in [3.63, 3.8) is 0 Å². The predicted molar refractivity (Wildman–Crippen MR) is 90.6 cm³/mol. The number of hydrogen-bond donors (Lipinski definition) is 3. The smallest absolute Gasteiger partial charge is 0.319 e. The number of nitrogens with one attached hydrogen (secondary N) is 3. The molecule has 4 nitrogen and oxygen atoms in total. The summed E-state index contributed by atoms with van der Waals surface area (Å²) in [6.45, 7) is 8.70. The third kappa shape index (κ3) is 4.71. The van der Waals surface area contributed by atoms with Crippen LogP contribution in [0.3, 0.4) is 0 Å². The van der Waals surface area contributed by atoms with Crippen LogP contribution in [0.2, 0.25) is 0 Å². The Morgan fingerprint density at radius 3 is 2.33 bits per heavy atom. The maximum atomic E-state index is 12.2. The Labute approximate surface area is 135 Å². The van der Waals surface area contributed by atoms with E-state index in [1.54, 1.807) is 0 Å². The van der Waals surface area contributed by atoms with E-state index in [0.717, 1.165) is 23.0 Å².